The first-order valence-electron chi connectivity index (χ1n) is 6.21. The topological polar surface area (TPSA) is 84.7 Å². The molecule has 1 aliphatic rings. The van der Waals surface area contributed by atoms with E-state index in [0.717, 1.165) is 0 Å². The molecule has 0 bridgehead atoms. The highest BCUT2D eigenvalue weighted by atomic mass is 16.5. The zero-order chi connectivity index (χ0) is 13.8. The molecule has 1 aromatic rings. The number of aliphatic carboxylic acids is 1. The lowest BCUT2D eigenvalue weighted by Gasteiger charge is -2.29. The normalized spacial score (nSPS) is 22.4. The number of carbonyl (C=O) groups is 2. The van der Waals surface area contributed by atoms with Gasteiger partial charge in [0.05, 0.1) is 19.3 Å². The number of amides is 1. The number of carboxylic acids is 1. The van der Waals surface area contributed by atoms with E-state index in [4.69, 9.17) is 9.84 Å². The highest BCUT2D eigenvalue weighted by Crippen LogP contribution is 2.20. The van der Waals surface area contributed by atoms with Gasteiger partial charge in [-0.05, 0) is 13.0 Å². The van der Waals surface area contributed by atoms with Gasteiger partial charge in [-0.15, -0.1) is 0 Å². The van der Waals surface area contributed by atoms with E-state index in [1.165, 1.54) is 4.68 Å². The van der Waals surface area contributed by atoms with Crippen LogP contribution in [0, 0.1) is 5.92 Å². The fraction of sp³-hybridized carbons (Fsp3) is 0.583. The van der Waals surface area contributed by atoms with Crippen LogP contribution in [0.5, 0.6) is 0 Å². The van der Waals surface area contributed by atoms with Crippen LogP contribution in [-0.4, -0.2) is 57.5 Å². The van der Waals surface area contributed by atoms with Gasteiger partial charge in [0.1, 0.15) is 12.5 Å². The van der Waals surface area contributed by atoms with Crippen molar-refractivity contribution >= 4 is 11.9 Å². The summed E-state index contributed by atoms with van der Waals surface area (Å²) < 4.78 is 6.73. The molecule has 1 amide bonds. The molecular weight excluding hydrogens is 250 g/mol. The number of aromatic nitrogens is 2. The smallest absolute Gasteiger partial charge is 0.311 e. The molecule has 2 heterocycles. The van der Waals surface area contributed by atoms with Crippen LogP contribution in [-0.2, 0) is 20.9 Å². The first-order valence-corrected chi connectivity index (χ1v) is 6.21. The lowest BCUT2D eigenvalue weighted by atomic mass is 10.0. The molecule has 2 unspecified atom stereocenters. The maximum Gasteiger partial charge on any atom is 0.311 e. The van der Waals surface area contributed by atoms with Crippen molar-refractivity contribution in [2.24, 2.45) is 5.92 Å². The number of nitrogens with zero attached hydrogens (tertiary/aromatic N) is 3. The van der Waals surface area contributed by atoms with Gasteiger partial charge < -0.3 is 14.7 Å². The number of rotatable bonds is 5. The molecule has 0 aromatic carbocycles. The lowest BCUT2D eigenvalue weighted by molar-refractivity contribution is -0.145. The van der Waals surface area contributed by atoms with E-state index < -0.39 is 17.9 Å². The summed E-state index contributed by atoms with van der Waals surface area (Å²) in [6, 6.07) is 1.34. The molecule has 2 atom stereocenters. The first-order chi connectivity index (χ1) is 9.13. The molecule has 0 saturated carbocycles. The summed E-state index contributed by atoms with van der Waals surface area (Å²) in [6.07, 6.45) is 3.30. The third-order valence-electron chi connectivity index (χ3n) is 3.29. The van der Waals surface area contributed by atoms with Crippen LogP contribution in [0.1, 0.15) is 6.92 Å². The second-order valence-corrected chi connectivity index (χ2v) is 4.43. The van der Waals surface area contributed by atoms with Crippen molar-refractivity contribution in [1.29, 1.82) is 0 Å². The molecule has 2 rings (SSSR count). The van der Waals surface area contributed by atoms with Gasteiger partial charge in [0.25, 0.3) is 0 Å². The van der Waals surface area contributed by atoms with Gasteiger partial charge in [-0.1, -0.05) is 0 Å². The fourth-order valence-corrected chi connectivity index (χ4v) is 2.31. The SMILES string of the molecule is CCN(C(=O)Cn1cccn1)C1COCC1C(=O)O. The van der Waals surface area contributed by atoms with Crippen LogP contribution in [0.3, 0.4) is 0 Å². The highest BCUT2D eigenvalue weighted by Gasteiger charge is 2.39. The van der Waals surface area contributed by atoms with Crippen molar-refractivity contribution in [3.8, 4) is 0 Å². The van der Waals surface area contributed by atoms with Gasteiger partial charge in [0.2, 0.25) is 5.91 Å². The van der Waals surface area contributed by atoms with Crippen molar-refractivity contribution < 1.29 is 19.4 Å². The van der Waals surface area contributed by atoms with Crippen LogP contribution >= 0.6 is 0 Å². The molecule has 1 aromatic heterocycles. The van der Waals surface area contributed by atoms with Crippen molar-refractivity contribution in [3.05, 3.63) is 18.5 Å². The molecule has 1 fully saturated rings. The van der Waals surface area contributed by atoms with Crippen LogP contribution in [0.4, 0.5) is 0 Å². The van der Waals surface area contributed by atoms with E-state index in [1.807, 2.05) is 6.92 Å². The van der Waals surface area contributed by atoms with E-state index in [-0.39, 0.29) is 25.7 Å². The zero-order valence-electron chi connectivity index (χ0n) is 10.7. The molecule has 0 radical (unpaired) electrons. The number of ether oxygens (including phenoxy) is 1. The average Bonchev–Trinajstić information content (AvgIpc) is 3.00. The van der Waals surface area contributed by atoms with E-state index >= 15 is 0 Å². The number of carbonyl (C=O) groups excluding carboxylic acids is 1. The van der Waals surface area contributed by atoms with Gasteiger partial charge in [0, 0.05) is 18.9 Å². The van der Waals surface area contributed by atoms with Crippen molar-refractivity contribution in [2.45, 2.75) is 19.5 Å². The Balaban J connectivity index is 2.06. The highest BCUT2D eigenvalue weighted by molar-refractivity contribution is 5.78. The third-order valence-corrected chi connectivity index (χ3v) is 3.29. The van der Waals surface area contributed by atoms with Crippen LogP contribution in [0.2, 0.25) is 0 Å². The third kappa shape index (κ3) is 2.93. The lowest BCUT2D eigenvalue weighted by Crippen LogP contribution is -2.47. The van der Waals surface area contributed by atoms with Crippen molar-refractivity contribution in [2.75, 3.05) is 19.8 Å². The van der Waals surface area contributed by atoms with Gasteiger partial charge in [0.15, 0.2) is 0 Å². The second-order valence-electron chi connectivity index (χ2n) is 4.43. The monoisotopic (exact) mass is 267 g/mol. The van der Waals surface area contributed by atoms with E-state index in [9.17, 15) is 9.59 Å². The Hall–Kier alpha value is -1.89. The maximum atomic E-state index is 12.2. The van der Waals surface area contributed by atoms with Crippen molar-refractivity contribution in [3.63, 3.8) is 0 Å². The summed E-state index contributed by atoms with van der Waals surface area (Å²) in [7, 11) is 0. The predicted octanol–water partition coefficient (Wildman–Crippen LogP) is -0.169. The van der Waals surface area contributed by atoms with E-state index in [0.29, 0.717) is 6.54 Å². The summed E-state index contributed by atoms with van der Waals surface area (Å²) >= 11 is 0. The molecular formula is C12H17N3O4. The van der Waals surface area contributed by atoms with Gasteiger partial charge >= 0.3 is 5.97 Å². The Bertz CT molecular complexity index is 446. The molecule has 1 aliphatic heterocycles. The minimum atomic E-state index is -0.923. The first kappa shape index (κ1) is 13.5. The average molecular weight is 267 g/mol. The largest absolute Gasteiger partial charge is 0.481 e. The maximum absolute atomic E-state index is 12.2. The summed E-state index contributed by atoms with van der Waals surface area (Å²) in [5.74, 6) is -1.72. The van der Waals surface area contributed by atoms with Gasteiger partial charge in [-0.25, -0.2) is 0 Å². The standard InChI is InChI=1S/C12H17N3O4/c1-2-15(10-8-19-7-9(10)12(17)18)11(16)6-14-5-3-4-13-14/h3-5,9-10H,2,6-8H2,1H3,(H,17,18). The van der Waals surface area contributed by atoms with E-state index in [1.54, 1.807) is 23.4 Å². The Kier molecular flexibility index (Phi) is 4.16. The zero-order valence-corrected chi connectivity index (χ0v) is 10.7. The van der Waals surface area contributed by atoms with Crippen LogP contribution in [0.15, 0.2) is 18.5 Å². The number of hydrogen-bond donors (Lipinski definition) is 1. The van der Waals surface area contributed by atoms with Crippen molar-refractivity contribution in [1.82, 2.24) is 14.7 Å². The van der Waals surface area contributed by atoms with Crippen LogP contribution < -0.4 is 0 Å². The molecule has 0 spiro atoms. The Labute approximate surface area is 110 Å². The quantitative estimate of drug-likeness (QED) is 0.800. The minimum absolute atomic E-state index is 0.115. The van der Waals surface area contributed by atoms with Gasteiger partial charge in [-0.2, -0.15) is 5.10 Å². The van der Waals surface area contributed by atoms with Crippen LogP contribution in [0.25, 0.3) is 0 Å². The molecule has 0 aliphatic carbocycles. The predicted molar refractivity (Wildman–Crippen MR) is 65.3 cm³/mol. The Morgan fingerprint density at radius 2 is 2.32 bits per heavy atom. The summed E-state index contributed by atoms with van der Waals surface area (Å²) in [5, 5.41) is 13.1. The molecule has 19 heavy (non-hydrogen) atoms. The Morgan fingerprint density at radius 3 is 2.89 bits per heavy atom. The van der Waals surface area contributed by atoms with E-state index in [2.05, 4.69) is 5.10 Å². The molecule has 7 heteroatoms. The fourth-order valence-electron chi connectivity index (χ4n) is 2.31. The van der Waals surface area contributed by atoms with Gasteiger partial charge in [-0.3, -0.25) is 14.3 Å². The molecule has 7 nitrogen and oxygen atoms in total. The number of likely N-dealkylation sites (N-methyl/N-ethyl adjacent to an activating group) is 1. The summed E-state index contributed by atoms with van der Waals surface area (Å²) in [6.45, 7) is 2.83. The number of carboxylic acid groups (broad SMARTS) is 1. The summed E-state index contributed by atoms with van der Waals surface area (Å²) in [4.78, 5) is 24.9. The second kappa shape index (κ2) is 5.83. The Morgan fingerprint density at radius 1 is 1.53 bits per heavy atom. The summed E-state index contributed by atoms with van der Waals surface area (Å²) in [5.41, 5.74) is 0. The molecule has 1 saturated heterocycles. The number of hydrogen-bond acceptors (Lipinski definition) is 4. The molecule has 104 valence electrons. The minimum Gasteiger partial charge on any atom is -0.481 e. The molecule has 1 N–H and O–H groups in total.